The largest absolute Gasteiger partial charge is 0.329 e. The summed E-state index contributed by atoms with van der Waals surface area (Å²) in [6, 6.07) is 7.50. The van der Waals surface area contributed by atoms with Gasteiger partial charge in [0.05, 0.1) is 0 Å². The van der Waals surface area contributed by atoms with Crippen molar-refractivity contribution in [2.24, 2.45) is 0 Å². The molecule has 4 nitrogen and oxygen atoms in total. The van der Waals surface area contributed by atoms with Gasteiger partial charge in [-0.1, -0.05) is 17.7 Å². The molecule has 1 saturated heterocycles. The van der Waals surface area contributed by atoms with Crippen LogP contribution >= 0.6 is 0 Å². The summed E-state index contributed by atoms with van der Waals surface area (Å²) < 4.78 is 0. The highest BCUT2D eigenvalue weighted by atomic mass is 16.2. The Morgan fingerprint density at radius 3 is 2.39 bits per heavy atom. The maximum atomic E-state index is 12.3. The molecule has 4 heteroatoms. The van der Waals surface area contributed by atoms with E-state index in [1.165, 1.54) is 12.5 Å². The molecule has 1 fully saturated rings. The Balaban J connectivity index is 2.20. The van der Waals surface area contributed by atoms with E-state index in [0.29, 0.717) is 13.1 Å². The fourth-order valence-corrected chi connectivity index (χ4v) is 2.28. The van der Waals surface area contributed by atoms with Crippen LogP contribution in [-0.2, 0) is 9.59 Å². The molecule has 1 aliphatic heterocycles. The summed E-state index contributed by atoms with van der Waals surface area (Å²) in [5.74, 6) is -0.0558. The number of benzene rings is 1. The highest BCUT2D eigenvalue weighted by Gasteiger charge is 2.33. The van der Waals surface area contributed by atoms with Crippen molar-refractivity contribution >= 4 is 17.5 Å². The molecule has 1 aromatic rings. The van der Waals surface area contributed by atoms with Gasteiger partial charge in [-0.05, 0) is 26.0 Å². The molecule has 2 amide bonds. The van der Waals surface area contributed by atoms with Gasteiger partial charge in [-0.2, -0.15) is 0 Å². The molecule has 0 N–H and O–H groups in total. The minimum Gasteiger partial charge on any atom is -0.329 e. The second-order valence-corrected chi connectivity index (χ2v) is 4.71. The van der Waals surface area contributed by atoms with Crippen LogP contribution in [0.25, 0.3) is 0 Å². The number of rotatable bonds is 1. The highest BCUT2D eigenvalue weighted by molar-refractivity contribution is 5.99. The molecule has 1 aromatic carbocycles. The third-order valence-corrected chi connectivity index (χ3v) is 3.41. The van der Waals surface area contributed by atoms with Crippen molar-refractivity contribution in [1.29, 1.82) is 0 Å². The van der Waals surface area contributed by atoms with Crippen LogP contribution < -0.4 is 4.90 Å². The van der Waals surface area contributed by atoms with Gasteiger partial charge in [-0.15, -0.1) is 0 Å². The van der Waals surface area contributed by atoms with Crippen molar-refractivity contribution in [3.63, 3.8) is 0 Å². The number of piperazine rings is 1. The summed E-state index contributed by atoms with van der Waals surface area (Å²) in [5.41, 5.74) is 2.07. The summed E-state index contributed by atoms with van der Waals surface area (Å²) in [6.45, 7) is 6.46. The van der Waals surface area contributed by atoms with Gasteiger partial charge in [0.15, 0.2) is 0 Å². The fourth-order valence-electron chi connectivity index (χ4n) is 2.28. The van der Waals surface area contributed by atoms with Crippen LogP contribution in [0.15, 0.2) is 24.3 Å². The molecule has 18 heavy (non-hydrogen) atoms. The van der Waals surface area contributed by atoms with Gasteiger partial charge in [0.2, 0.25) is 11.8 Å². The third kappa shape index (κ3) is 2.23. The molecule has 0 aromatic heterocycles. The van der Waals surface area contributed by atoms with E-state index < -0.39 is 0 Å². The molecule has 0 aliphatic carbocycles. The molecular weight excluding hydrogens is 228 g/mol. The second kappa shape index (κ2) is 4.80. The smallest absolute Gasteiger partial charge is 0.249 e. The van der Waals surface area contributed by atoms with Crippen molar-refractivity contribution in [3.8, 4) is 0 Å². The van der Waals surface area contributed by atoms with Gasteiger partial charge in [0.25, 0.3) is 0 Å². The Labute approximate surface area is 107 Å². The van der Waals surface area contributed by atoms with Crippen LogP contribution in [0.5, 0.6) is 0 Å². The highest BCUT2D eigenvalue weighted by Crippen LogP contribution is 2.20. The van der Waals surface area contributed by atoms with Crippen LogP contribution in [0.3, 0.4) is 0 Å². The number of hydrogen-bond donors (Lipinski definition) is 0. The normalized spacial score (nSPS) is 20.2. The monoisotopic (exact) mass is 246 g/mol. The molecule has 0 bridgehead atoms. The number of hydrogen-bond acceptors (Lipinski definition) is 2. The molecule has 0 unspecified atom stereocenters. The zero-order chi connectivity index (χ0) is 13.3. The molecule has 1 aliphatic rings. The Bertz CT molecular complexity index is 467. The lowest BCUT2D eigenvalue weighted by molar-refractivity contribution is -0.139. The fraction of sp³-hybridized carbons (Fsp3) is 0.429. The first-order valence-corrected chi connectivity index (χ1v) is 6.16. The van der Waals surface area contributed by atoms with Crippen LogP contribution in [-0.4, -0.2) is 35.8 Å². The van der Waals surface area contributed by atoms with Gasteiger partial charge in [0.1, 0.15) is 6.04 Å². The molecular formula is C14H18N2O2. The van der Waals surface area contributed by atoms with E-state index in [-0.39, 0.29) is 17.9 Å². The van der Waals surface area contributed by atoms with E-state index in [0.717, 1.165) is 5.69 Å². The molecule has 1 atom stereocenters. The standard InChI is InChI=1S/C14H18N2O2/c1-10-4-6-13(7-5-10)16-9-8-15(12(3)17)11(2)14(16)18/h4-7,11H,8-9H2,1-3H3/t11-/m1/s1. The maximum absolute atomic E-state index is 12.3. The average molecular weight is 246 g/mol. The topological polar surface area (TPSA) is 40.6 Å². The van der Waals surface area contributed by atoms with Crippen molar-refractivity contribution in [2.75, 3.05) is 18.0 Å². The Hall–Kier alpha value is -1.84. The number of anilines is 1. The molecule has 0 saturated carbocycles. The Morgan fingerprint density at radius 1 is 1.22 bits per heavy atom. The quantitative estimate of drug-likeness (QED) is 0.755. The van der Waals surface area contributed by atoms with E-state index >= 15 is 0 Å². The third-order valence-electron chi connectivity index (χ3n) is 3.41. The number of amides is 2. The number of carbonyl (C=O) groups is 2. The molecule has 96 valence electrons. The minimum atomic E-state index is -0.377. The summed E-state index contributed by atoms with van der Waals surface area (Å²) in [6.07, 6.45) is 0. The number of nitrogens with zero attached hydrogens (tertiary/aromatic N) is 2. The zero-order valence-electron chi connectivity index (χ0n) is 11.0. The molecule has 2 rings (SSSR count). The maximum Gasteiger partial charge on any atom is 0.249 e. The average Bonchev–Trinajstić information content (AvgIpc) is 2.33. The first kappa shape index (κ1) is 12.6. The Kier molecular flexibility index (Phi) is 3.36. The van der Waals surface area contributed by atoms with Gasteiger partial charge >= 0.3 is 0 Å². The van der Waals surface area contributed by atoms with Crippen LogP contribution in [0.1, 0.15) is 19.4 Å². The van der Waals surface area contributed by atoms with Crippen LogP contribution in [0.2, 0.25) is 0 Å². The first-order valence-electron chi connectivity index (χ1n) is 6.16. The summed E-state index contributed by atoms with van der Waals surface area (Å²) in [5, 5.41) is 0. The zero-order valence-corrected chi connectivity index (χ0v) is 11.0. The summed E-state index contributed by atoms with van der Waals surface area (Å²) in [7, 11) is 0. The summed E-state index contributed by atoms with van der Waals surface area (Å²) >= 11 is 0. The number of aryl methyl sites for hydroxylation is 1. The van der Waals surface area contributed by atoms with E-state index in [4.69, 9.17) is 0 Å². The van der Waals surface area contributed by atoms with Crippen molar-refractivity contribution in [1.82, 2.24) is 4.90 Å². The SMILES string of the molecule is CC(=O)N1CCN(c2ccc(C)cc2)C(=O)[C@H]1C. The van der Waals surface area contributed by atoms with Crippen molar-refractivity contribution in [2.45, 2.75) is 26.8 Å². The molecule has 1 heterocycles. The van der Waals surface area contributed by atoms with E-state index in [2.05, 4.69) is 0 Å². The van der Waals surface area contributed by atoms with Gasteiger partial charge in [0, 0.05) is 25.7 Å². The molecule has 0 spiro atoms. The molecule has 0 radical (unpaired) electrons. The number of carbonyl (C=O) groups excluding carboxylic acids is 2. The lowest BCUT2D eigenvalue weighted by Crippen LogP contribution is -2.57. The summed E-state index contributed by atoms with van der Waals surface area (Å²) in [4.78, 5) is 27.0. The lowest BCUT2D eigenvalue weighted by Gasteiger charge is -2.38. The van der Waals surface area contributed by atoms with E-state index in [1.54, 1.807) is 16.7 Å². The minimum absolute atomic E-state index is 0.0136. The van der Waals surface area contributed by atoms with E-state index in [9.17, 15) is 9.59 Å². The lowest BCUT2D eigenvalue weighted by atomic mass is 10.1. The van der Waals surface area contributed by atoms with Gasteiger partial charge in [-0.3, -0.25) is 9.59 Å². The predicted octanol–water partition coefficient (Wildman–Crippen LogP) is 1.58. The first-order chi connectivity index (χ1) is 8.50. The van der Waals surface area contributed by atoms with Gasteiger partial charge in [-0.25, -0.2) is 0 Å². The Morgan fingerprint density at radius 2 is 1.83 bits per heavy atom. The predicted molar refractivity (Wildman–Crippen MR) is 70.4 cm³/mol. The van der Waals surface area contributed by atoms with Gasteiger partial charge < -0.3 is 9.80 Å². The van der Waals surface area contributed by atoms with Crippen LogP contribution in [0, 0.1) is 6.92 Å². The van der Waals surface area contributed by atoms with E-state index in [1.807, 2.05) is 31.2 Å². The van der Waals surface area contributed by atoms with Crippen LogP contribution in [0.4, 0.5) is 5.69 Å². The van der Waals surface area contributed by atoms with Crippen molar-refractivity contribution < 1.29 is 9.59 Å². The second-order valence-electron chi connectivity index (χ2n) is 4.71. The van der Waals surface area contributed by atoms with Crippen molar-refractivity contribution in [3.05, 3.63) is 29.8 Å².